The highest BCUT2D eigenvalue weighted by molar-refractivity contribution is 7.80. The first-order chi connectivity index (χ1) is 10.6. The predicted molar refractivity (Wildman–Crippen MR) is 109 cm³/mol. The van der Waals surface area contributed by atoms with Crippen molar-refractivity contribution in [3.63, 3.8) is 0 Å². The lowest BCUT2D eigenvalue weighted by molar-refractivity contribution is 0.903. The van der Waals surface area contributed by atoms with Crippen LogP contribution in [0.25, 0.3) is 0 Å². The molecular formula is C18H27NP2S. The smallest absolute Gasteiger partial charge is 0.0750 e. The number of nitrogens with one attached hydrogen (secondary N) is 1. The molecule has 2 aliphatic rings. The van der Waals surface area contributed by atoms with Crippen LogP contribution in [-0.2, 0) is 0 Å². The van der Waals surface area contributed by atoms with Gasteiger partial charge in [0.05, 0.1) is 4.99 Å². The van der Waals surface area contributed by atoms with Crippen molar-refractivity contribution in [2.75, 3.05) is 18.9 Å². The summed E-state index contributed by atoms with van der Waals surface area (Å²) in [6.07, 6.45) is 13.5. The molecule has 0 aromatic heterocycles. The number of hydrogen-bond donors (Lipinski definition) is 1. The molecule has 0 bridgehead atoms. The van der Waals surface area contributed by atoms with Crippen LogP contribution >= 0.6 is 28.3 Å². The predicted octanol–water partition coefficient (Wildman–Crippen LogP) is 5.85. The molecule has 0 aromatic carbocycles. The lowest BCUT2D eigenvalue weighted by Crippen LogP contribution is -2.24. The van der Waals surface area contributed by atoms with Gasteiger partial charge >= 0.3 is 0 Å². The van der Waals surface area contributed by atoms with Crippen molar-refractivity contribution in [2.24, 2.45) is 0 Å². The number of allylic oxidation sites excluding steroid dienone is 5. The first kappa shape index (κ1) is 18.1. The zero-order valence-corrected chi connectivity index (χ0v) is 16.4. The lowest BCUT2D eigenvalue weighted by atomic mass is 10.2. The van der Waals surface area contributed by atoms with E-state index in [1.54, 1.807) is 15.9 Å². The summed E-state index contributed by atoms with van der Waals surface area (Å²) in [6.45, 7) is 9.32. The Morgan fingerprint density at radius 1 is 1.41 bits per heavy atom. The maximum absolute atomic E-state index is 5.20. The van der Waals surface area contributed by atoms with E-state index in [2.05, 4.69) is 31.8 Å². The minimum absolute atomic E-state index is 0.0945. The molecule has 0 spiro atoms. The van der Waals surface area contributed by atoms with Gasteiger partial charge in [0, 0.05) is 13.0 Å². The summed E-state index contributed by atoms with van der Waals surface area (Å²) in [6, 6.07) is 0. The van der Waals surface area contributed by atoms with Crippen molar-refractivity contribution in [3.8, 4) is 0 Å². The van der Waals surface area contributed by atoms with Crippen molar-refractivity contribution in [2.45, 2.75) is 46.0 Å². The van der Waals surface area contributed by atoms with Gasteiger partial charge in [0.25, 0.3) is 0 Å². The third-order valence-corrected chi connectivity index (χ3v) is 8.78. The molecular weight excluding hydrogens is 324 g/mol. The SMILES string of the molecule is C=C/C(C)=C(\C=C1/CC(CCNC(=S)CC)=P1)P1CCCC1. The van der Waals surface area contributed by atoms with E-state index < -0.39 is 0 Å². The van der Waals surface area contributed by atoms with E-state index in [0.29, 0.717) is 0 Å². The van der Waals surface area contributed by atoms with Crippen molar-refractivity contribution < 1.29 is 0 Å². The van der Waals surface area contributed by atoms with Gasteiger partial charge in [-0.05, 0) is 72.5 Å². The minimum Gasteiger partial charge on any atom is -0.379 e. The Morgan fingerprint density at radius 2 is 2.09 bits per heavy atom. The van der Waals surface area contributed by atoms with Crippen LogP contribution in [0.2, 0.25) is 0 Å². The van der Waals surface area contributed by atoms with E-state index >= 15 is 0 Å². The number of thiocarbonyl (C=S) groups is 1. The van der Waals surface area contributed by atoms with Crippen molar-refractivity contribution in [1.29, 1.82) is 0 Å². The molecule has 0 aromatic rings. The second-order valence-electron chi connectivity index (χ2n) is 5.91. The van der Waals surface area contributed by atoms with Gasteiger partial charge in [-0.25, -0.2) is 0 Å². The second-order valence-corrected chi connectivity index (χ2v) is 10.3. The van der Waals surface area contributed by atoms with E-state index in [1.807, 2.05) is 6.08 Å². The molecule has 0 aliphatic carbocycles. The van der Waals surface area contributed by atoms with Crippen LogP contribution < -0.4 is 5.32 Å². The van der Waals surface area contributed by atoms with Crippen molar-refractivity contribution in [3.05, 3.63) is 34.9 Å². The molecule has 1 nitrogen and oxygen atoms in total. The average molecular weight is 351 g/mol. The lowest BCUT2D eigenvalue weighted by Gasteiger charge is -2.21. The van der Waals surface area contributed by atoms with Gasteiger partial charge < -0.3 is 5.32 Å². The molecule has 1 saturated heterocycles. The highest BCUT2D eigenvalue weighted by atomic mass is 32.1. The molecule has 2 rings (SSSR count). The Hall–Kier alpha value is -0.290. The van der Waals surface area contributed by atoms with Crippen LogP contribution in [0.1, 0.15) is 46.0 Å². The molecule has 22 heavy (non-hydrogen) atoms. The summed E-state index contributed by atoms with van der Waals surface area (Å²) < 4.78 is 0. The number of hydrogen-bond acceptors (Lipinski definition) is 1. The van der Waals surface area contributed by atoms with Gasteiger partial charge in [-0.3, -0.25) is 0 Å². The summed E-state index contributed by atoms with van der Waals surface area (Å²) in [5.74, 6) is 0. The van der Waals surface area contributed by atoms with Crippen LogP contribution in [0.5, 0.6) is 0 Å². The van der Waals surface area contributed by atoms with E-state index in [4.69, 9.17) is 12.2 Å². The molecule has 120 valence electrons. The molecule has 4 heteroatoms. The average Bonchev–Trinajstić information content (AvgIpc) is 3.01. The fourth-order valence-corrected chi connectivity index (χ4v) is 6.90. The molecule has 2 aliphatic heterocycles. The van der Waals surface area contributed by atoms with Crippen LogP contribution in [0.4, 0.5) is 0 Å². The largest absolute Gasteiger partial charge is 0.379 e. The fourth-order valence-electron chi connectivity index (χ4n) is 2.77. The monoisotopic (exact) mass is 351 g/mol. The minimum atomic E-state index is 0.0945. The van der Waals surface area contributed by atoms with E-state index in [0.717, 1.165) is 24.4 Å². The first-order valence-corrected chi connectivity index (χ1v) is 11.3. The van der Waals surface area contributed by atoms with Crippen molar-refractivity contribution >= 4 is 38.6 Å². The van der Waals surface area contributed by atoms with Crippen LogP contribution in [0, 0.1) is 0 Å². The zero-order valence-electron chi connectivity index (χ0n) is 13.8. The van der Waals surface area contributed by atoms with Gasteiger partial charge in [-0.2, -0.15) is 0 Å². The third-order valence-electron chi connectivity index (χ3n) is 4.20. The maximum Gasteiger partial charge on any atom is 0.0750 e. The normalized spacial score (nSPS) is 21.9. The van der Waals surface area contributed by atoms with Gasteiger partial charge in [-0.1, -0.05) is 47.9 Å². The molecule has 1 N–H and O–H groups in total. The Balaban J connectivity index is 1.92. The van der Waals surface area contributed by atoms with Gasteiger partial charge in [0.15, 0.2) is 0 Å². The molecule has 1 fully saturated rings. The van der Waals surface area contributed by atoms with E-state index in [1.165, 1.54) is 45.4 Å². The molecule has 0 saturated carbocycles. The standard InChI is InChI=1S/C18H27NP2S/c1-4-14(3)17(21-10-6-7-11-21)13-16-12-15(20-16)8-9-19-18(22)5-2/h4,13H,1,5-12H2,2-3H3,(H,19,22)/b16-13+,17-14+. The Labute approximate surface area is 143 Å². The third kappa shape index (κ3) is 5.12. The Bertz CT molecular complexity index is 525. The summed E-state index contributed by atoms with van der Waals surface area (Å²) >= 11 is 5.20. The zero-order chi connectivity index (χ0) is 15.9. The van der Waals surface area contributed by atoms with Crippen molar-refractivity contribution in [1.82, 2.24) is 5.32 Å². The summed E-state index contributed by atoms with van der Waals surface area (Å²) in [5, 5.41) is 8.19. The fraction of sp³-hybridized carbons (Fsp3) is 0.556. The van der Waals surface area contributed by atoms with Gasteiger partial charge in [0.2, 0.25) is 0 Å². The van der Waals surface area contributed by atoms with E-state index in [-0.39, 0.29) is 7.92 Å². The molecule has 0 radical (unpaired) electrons. The topological polar surface area (TPSA) is 12.0 Å². The molecule has 2 heterocycles. The maximum atomic E-state index is 5.20. The molecule has 0 unspecified atom stereocenters. The summed E-state index contributed by atoms with van der Waals surface area (Å²) in [5.41, 5.74) is 1.40. The summed E-state index contributed by atoms with van der Waals surface area (Å²) in [4.78, 5) is 0.989. The van der Waals surface area contributed by atoms with Gasteiger partial charge in [-0.15, -0.1) is 0 Å². The first-order valence-electron chi connectivity index (χ1n) is 8.26. The Kier molecular flexibility index (Phi) is 7.48. The van der Waals surface area contributed by atoms with Gasteiger partial charge in [0.1, 0.15) is 0 Å². The number of rotatable bonds is 7. The van der Waals surface area contributed by atoms with Crippen LogP contribution in [-0.4, -0.2) is 29.2 Å². The molecule has 0 atom stereocenters. The van der Waals surface area contributed by atoms with Crippen LogP contribution in [0.15, 0.2) is 34.9 Å². The second kappa shape index (κ2) is 9.11. The molecule has 0 amide bonds. The van der Waals surface area contributed by atoms with E-state index in [9.17, 15) is 0 Å². The highest BCUT2D eigenvalue weighted by Crippen LogP contribution is 2.54. The Morgan fingerprint density at radius 3 is 2.68 bits per heavy atom. The summed E-state index contributed by atoms with van der Waals surface area (Å²) in [7, 11) is 1.56. The quantitative estimate of drug-likeness (QED) is 0.351. The van der Waals surface area contributed by atoms with Crippen LogP contribution in [0.3, 0.4) is 0 Å². The highest BCUT2D eigenvalue weighted by Gasteiger charge is 2.21.